The number of carbonyl (C=O) groups is 1. The zero-order valence-corrected chi connectivity index (χ0v) is 9.70. The number of hydrogen-bond donors (Lipinski definition) is 1. The summed E-state index contributed by atoms with van der Waals surface area (Å²) in [5.41, 5.74) is -1.52. The molecule has 0 aliphatic rings. The maximum Gasteiger partial charge on any atom is 0.307 e. The Bertz CT molecular complexity index is 478. The largest absolute Gasteiger partial charge is 0.352 e. The predicted octanol–water partition coefficient (Wildman–Crippen LogP) is 2.40. The van der Waals surface area contributed by atoms with Crippen LogP contribution in [-0.4, -0.2) is 17.4 Å². The van der Waals surface area contributed by atoms with Crippen LogP contribution in [0, 0.1) is 21.7 Å². The second kappa shape index (κ2) is 6.04. The highest BCUT2D eigenvalue weighted by Crippen LogP contribution is 2.21. The van der Waals surface area contributed by atoms with Gasteiger partial charge in [0.2, 0.25) is 5.82 Å². The SMILES string of the molecule is CCCCNC(=O)c1cc(F)c([N+](=O)[O-])cc1F. The molecule has 1 aromatic rings. The van der Waals surface area contributed by atoms with Gasteiger partial charge in [0.05, 0.1) is 16.6 Å². The molecule has 0 atom stereocenters. The Kier molecular flexibility index (Phi) is 4.70. The van der Waals surface area contributed by atoms with E-state index in [0.29, 0.717) is 25.1 Å². The second-order valence-corrected chi connectivity index (χ2v) is 3.65. The van der Waals surface area contributed by atoms with Crippen LogP contribution in [0.5, 0.6) is 0 Å². The number of nitrogens with zero attached hydrogens (tertiary/aromatic N) is 1. The topological polar surface area (TPSA) is 72.2 Å². The first-order valence-corrected chi connectivity index (χ1v) is 5.39. The molecule has 1 rings (SSSR count). The molecule has 0 radical (unpaired) electrons. The lowest BCUT2D eigenvalue weighted by Gasteiger charge is -2.05. The molecule has 1 N–H and O–H groups in total. The average Bonchev–Trinajstić information content (AvgIpc) is 2.31. The smallest absolute Gasteiger partial charge is 0.307 e. The van der Waals surface area contributed by atoms with Gasteiger partial charge in [-0.3, -0.25) is 14.9 Å². The molecule has 1 amide bonds. The lowest BCUT2D eigenvalue weighted by molar-refractivity contribution is -0.387. The third kappa shape index (κ3) is 3.22. The van der Waals surface area contributed by atoms with Crippen molar-refractivity contribution in [2.24, 2.45) is 0 Å². The molecular weight excluding hydrogens is 246 g/mol. The predicted molar refractivity (Wildman–Crippen MR) is 60.3 cm³/mol. The maximum atomic E-state index is 13.4. The van der Waals surface area contributed by atoms with Crippen LogP contribution < -0.4 is 5.32 Å². The minimum atomic E-state index is -1.23. The number of rotatable bonds is 5. The molecule has 18 heavy (non-hydrogen) atoms. The Balaban J connectivity index is 2.93. The fourth-order valence-corrected chi connectivity index (χ4v) is 1.32. The first-order valence-electron chi connectivity index (χ1n) is 5.39. The van der Waals surface area contributed by atoms with Crippen LogP contribution in [0.3, 0.4) is 0 Å². The molecule has 0 bridgehead atoms. The molecule has 0 fully saturated rings. The van der Waals surface area contributed by atoms with Crippen molar-refractivity contribution in [3.63, 3.8) is 0 Å². The molecule has 0 aliphatic heterocycles. The quantitative estimate of drug-likeness (QED) is 0.500. The summed E-state index contributed by atoms with van der Waals surface area (Å²) < 4.78 is 26.7. The Morgan fingerprint density at radius 2 is 2.06 bits per heavy atom. The minimum Gasteiger partial charge on any atom is -0.352 e. The van der Waals surface area contributed by atoms with Crippen molar-refractivity contribution in [3.05, 3.63) is 39.4 Å². The highest BCUT2D eigenvalue weighted by atomic mass is 19.1. The van der Waals surface area contributed by atoms with Gasteiger partial charge in [-0.15, -0.1) is 0 Å². The second-order valence-electron chi connectivity index (χ2n) is 3.65. The number of halogens is 2. The van der Waals surface area contributed by atoms with Crippen molar-refractivity contribution in [3.8, 4) is 0 Å². The molecule has 0 saturated carbocycles. The Morgan fingerprint density at radius 1 is 1.39 bits per heavy atom. The number of hydrogen-bond acceptors (Lipinski definition) is 3. The van der Waals surface area contributed by atoms with Gasteiger partial charge in [0.25, 0.3) is 5.91 Å². The Hall–Kier alpha value is -2.05. The van der Waals surface area contributed by atoms with Gasteiger partial charge in [0.1, 0.15) is 5.82 Å². The maximum absolute atomic E-state index is 13.4. The first-order chi connectivity index (χ1) is 8.47. The Labute approximate surface area is 102 Å². The van der Waals surface area contributed by atoms with Crippen LogP contribution >= 0.6 is 0 Å². The van der Waals surface area contributed by atoms with E-state index in [0.717, 1.165) is 6.42 Å². The fraction of sp³-hybridized carbons (Fsp3) is 0.364. The monoisotopic (exact) mass is 258 g/mol. The normalized spacial score (nSPS) is 10.2. The zero-order valence-electron chi connectivity index (χ0n) is 9.70. The van der Waals surface area contributed by atoms with Crippen LogP contribution in [0.2, 0.25) is 0 Å². The van der Waals surface area contributed by atoms with E-state index in [1.54, 1.807) is 0 Å². The van der Waals surface area contributed by atoms with Crippen LogP contribution in [0.25, 0.3) is 0 Å². The van der Waals surface area contributed by atoms with Gasteiger partial charge in [-0.25, -0.2) is 4.39 Å². The highest BCUT2D eigenvalue weighted by molar-refractivity contribution is 5.94. The zero-order chi connectivity index (χ0) is 13.7. The Morgan fingerprint density at radius 3 is 2.61 bits per heavy atom. The average molecular weight is 258 g/mol. The molecule has 5 nitrogen and oxygen atoms in total. The summed E-state index contributed by atoms with van der Waals surface area (Å²) in [4.78, 5) is 20.8. The van der Waals surface area contributed by atoms with Gasteiger partial charge in [0, 0.05) is 6.54 Å². The van der Waals surface area contributed by atoms with E-state index in [-0.39, 0.29) is 0 Å². The molecule has 7 heteroatoms. The van der Waals surface area contributed by atoms with E-state index in [4.69, 9.17) is 0 Å². The van der Waals surface area contributed by atoms with Crippen LogP contribution in [0.4, 0.5) is 14.5 Å². The molecule has 98 valence electrons. The summed E-state index contributed by atoms with van der Waals surface area (Å²) in [7, 11) is 0. The molecule has 0 spiro atoms. The number of nitrogens with one attached hydrogen (secondary N) is 1. The number of carbonyl (C=O) groups excluding carboxylic acids is 1. The summed E-state index contributed by atoms with van der Waals surface area (Å²) >= 11 is 0. The molecule has 0 aliphatic carbocycles. The highest BCUT2D eigenvalue weighted by Gasteiger charge is 2.21. The molecule has 0 saturated heterocycles. The van der Waals surface area contributed by atoms with E-state index < -0.39 is 33.7 Å². The molecule has 0 unspecified atom stereocenters. The minimum absolute atomic E-state index is 0.341. The van der Waals surface area contributed by atoms with Crippen molar-refractivity contribution in [1.29, 1.82) is 0 Å². The summed E-state index contributed by atoms with van der Waals surface area (Å²) in [5.74, 6) is -3.13. The number of amides is 1. The fourth-order valence-electron chi connectivity index (χ4n) is 1.32. The summed E-state index contributed by atoms with van der Waals surface area (Å²) in [6.45, 7) is 2.26. The van der Waals surface area contributed by atoms with E-state index in [1.165, 1.54) is 0 Å². The van der Waals surface area contributed by atoms with Gasteiger partial charge in [-0.1, -0.05) is 13.3 Å². The van der Waals surface area contributed by atoms with Crippen molar-refractivity contribution in [2.45, 2.75) is 19.8 Å². The standard InChI is InChI=1S/C11H12F2N2O3/c1-2-3-4-14-11(16)7-5-9(13)10(15(17)18)6-8(7)12/h5-6H,2-4H2,1H3,(H,14,16). The lowest BCUT2D eigenvalue weighted by atomic mass is 10.1. The van der Waals surface area contributed by atoms with Gasteiger partial charge in [-0.2, -0.15) is 4.39 Å². The third-order valence-electron chi connectivity index (χ3n) is 2.29. The summed E-state index contributed by atoms with van der Waals surface area (Å²) in [6, 6.07) is 0.943. The van der Waals surface area contributed by atoms with E-state index in [9.17, 15) is 23.7 Å². The van der Waals surface area contributed by atoms with Gasteiger partial charge in [-0.05, 0) is 12.5 Å². The van der Waals surface area contributed by atoms with Crippen LogP contribution in [0.1, 0.15) is 30.1 Å². The lowest BCUT2D eigenvalue weighted by Crippen LogP contribution is -2.25. The number of benzene rings is 1. The van der Waals surface area contributed by atoms with Crippen molar-refractivity contribution < 1.29 is 18.5 Å². The number of nitro benzene ring substituents is 1. The van der Waals surface area contributed by atoms with Crippen molar-refractivity contribution in [2.75, 3.05) is 6.54 Å². The third-order valence-corrected chi connectivity index (χ3v) is 2.29. The van der Waals surface area contributed by atoms with E-state index in [1.807, 2.05) is 6.92 Å². The molecule has 0 aromatic heterocycles. The van der Waals surface area contributed by atoms with Gasteiger partial charge in [0.15, 0.2) is 0 Å². The van der Waals surface area contributed by atoms with Gasteiger partial charge < -0.3 is 5.32 Å². The summed E-state index contributed by atoms with van der Waals surface area (Å²) in [6.07, 6.45) is 1.56. The van der Waals surface area contributed by atoms with Gasteiger partial charge >= 0.3 is 5.69 Å². The van der Waals surface area contributed by atoms with Crippen molar-refractivity contribution >= 4 is 11.6 Å². The first kappa shape index (κ1) is 14.0. The molecule has 0 heterocycles. The molecular formula is C11H12F2N2O3. The van der Waals surface area contributed by atoms with Crippen LogP contribution in [-0.2, 0) is 0 Å². The number of unbranched alkanes of at least 4 members (excludes halogenated alkanes) is 1. The van der Waals surface area contributed by atoms with E-state index >= 15 is 0 Å². The van der Waals surface area contributed by atoms with Crippen molar-refractivity contribution in [1.82, 2.24) is 5.32 Å². The summed E-state index contributed by atoms with van der Waals surface area (Å²) in [5, 5.41) is 12.8. The van der Waals surface area contributed by atoms with Crippen LogP contribution in [0.15, 0.2) is 12.1 Å². The van der Waals surface area contributed by atoms with E-state index in [2.05, 4.69) is 5.32 Å². The molecule has 1 aromatic carbocycles. The number of nitro groups is 1.